The van der Waals surface area contributed by atoms with Crippen LogP contribution in [0, 0.1) is 18.3 Å². The van der Waals surface area contributed by atoms with Crippen molar-refractivity contribution < 1.29 is 0 Å². The summed E-state index contributed by atoms with van der Waals surface area (Å²) in [6, 6.07) is 9.76. The molecular weight excluding hydrogens is 350 g/mol. The van der Waals surface area contributed by atoms with Crippen LogP contribution in [0.4, 0.5) is 11.6 Å². The van der Waals surface area contributed by atoms with Gasteiger partial charge in [0.15, 0.2) is 5.82 Å². The molecule has 0 amide bonds. The van der Waals surface area contributed by atoms with E-state index in [0.717, 1.165) is 42.6 Å². The fraction of sp³-hybridized carbons (Fsp3) is 0.500. The summed E-state index contributed by atoms with van der Waals surface area (Å²) < 4.78 is 1.72. The minimum atomic E-state index is 0.00106. The third-order valence-corrected chi connectivity index (χ3v) is 6.05. The van der Waals surface area contributed by atoms with E-state index in [2.05, 4.69) is 36.3 Å². The molecule has 1 aliphatic carbocycles. The van der Waals surface area contributed by atoms with Gasteiger partial charge in [-0.2, -0.15) is 10.2 Å². The first-order chi connectivity index (χ1) is 13.3. The lowest BCUT2D eigenvalue weighted by Gasteiger charge is -2.37. The van der Waals surface area contributed by atoms with Crippen molar-refractivity contribution >= 4 is 22.4 Å². The van der Waals surface area contributed by atoms with E-state index in [4.69, 9.17) is 5.10 Å². The van der Waals surface area contributed by atoms with Gasteiger partial charge in [0.05, 0.1) is 17.1 Å². The van der Waals surface area contributed by atoms with E-state index >= 15 is 0 Å². The van der Waals surface area contributed by atoms with E-state index in [9.17, 15) is 4.79 Å². The van der Waals surface area contributed by atoms with Gasteiger partial charge in [-0.25, -0.2) is 4.68 Å². The SMILES string of the molecule is Cc1cc(Nc2nn([C@H]3CC[C@@H](C(C)(C)C)CC3)c(=O)c3ccccc23)[nH]n1. The van der Waals surface area contributed by atoms with E-state index in [0.29, 0.717) is 22.5 Å². The fourth-order valence-corrected chi connectivity index (χ4v) is 4.35. The normalized spacial score (nSPS) is 20.4. The van der Waals surface area contributed by atoms with Crippen LogP contribution < -0.4 is 10.9 Å². The zero-order valence-corrected chi connectivity index (χ0v) is 17.1. The number of nitrogens with zero attached hydrogens (tertiary/aromatic N) is 3. The lowest BCUT2D eigenvalue weighted by atomic mass is 9.71. The van der Waals surface area contributed by atoms with Crippen LogP contribution in [0.25, 0.3) is 10.8 Å². The molecular formula is C22H29N5O. The standard InChI is InChI=1S/C22H29N5O/c1-14-13-19(25-24-14)23-20-17-7-5-6-8-18(17)21(28)27(26-20)16-11-9-15(10-12-16)22(2,3)4/h5-8,13,15-16H,9-12H2,1-4H3,(H2,23,24,25,26)/t15-,16+. The number of aromatic amines is 1. The maximum atomic E-state index is 13.2. The molecule has 2 aromatic heterocycles. The molecule has 1 saturated carbocycles. The van der Waals surface area contributed by atoms with Gasteiger partial charge in [-0.1, -0.05) is 39.0 Å². The van der Waals surface area contributed by atoms with Crippen molar-refractivity contribution in [3.63, 3.8) is 0 Å². The first-order valence-corrected chi connectivity index (χ1v) is 10.1. The van der Waals surface area contributed by atoms with E-state index < -0.39 is 0 Å². The molecule has 2 N–H and O–H groups in total. The molecule has 1 aromatic carbocycles. The van der Waals surface area contributed by atoms with Crippen molar-refractivity contribution in [3.05, 3.63) is 46.4 Å². The van der Waals surface area contributed by atoms with Crippen LogP contribution in [-0.2, 0) is 0 Å². The molecule has 1 fully saturated rings. The van der Waals surface area contributed by atoms with Gasteiger partial charge in [-0.05, 0) is 50.0 Å². The van der Waals surface area contributed by atoms with Gasteiger partial charge in [-0.3, -0.25) is 9.89 Å². The Morgan fingerprint density at radius 2 is 1.79 bits per heavy atom. The number of aryl methyl sites for hydroxylation is 1. The predicted molar refractivity (Wildman–Crippen MR) is 113 cm³/mol. The average molecular weight is 380 g/mol. The summed E-state index contributed by atoms with van der Waals surface area (Å²) in [5.74, 6) is 2.17. The zero-order chi connectivity index (χ0) is 19.9. The topological polar surface area (TPSA) is 75.6 Å². The van der Waals surface area contributed by atoms with E-state index in [1.54, 1.807) is 4.68 Å². The van der Waals surface area contributed by atoms with Crippen LogP contribution in [0.2, 0.25) is 0 Å². The summed E-state index contributed by atoms with van der Waals surface area (Å²) in [4.78, 5) is 13.2. The van der Waals surface area contributed by atoms with Crippen molar-refractivity contribution in [1.29, 1.82) is 0 Å². The molecule has 0 bridgehead atoms. The largest absolute Gasteiger partial charge is 0.323 e. The highest BCUT2D eigenvalue weighted by atomic mass is 16.1. The first kappa shape index (κ1) is 18.7. The second-order valence-corrected chi connectivity index (χ2v) is 9.06. The van der Waals surface area contributed by atoms with Gasteiger partial charge in [-0.15, -0.1) is 0 Å². The highest BCUT2D eigenvalue weighted by molar-refractivity contribution is 5.92. The Balaban J connectivity index is 1.71. The molecule has 2 heterocycles. The second-order valence-electron chi connectivity index (χ2n) is 9.06. The van der Waals surface area contributed by atoms with Crippen molar-refractivity contribution in [2.24, 2.45) is 11.3 Å². The molecule has 0 aliphatic heterocycles. The smallest absolute Gasteiger partial charge is 0.275 e. The summed E-state index contributed by atoms with van der Waals surface area (Å²) in [5.41, 5.74) is 1.22. The minimum Gasteiger partial charge on any atom is -0.323 e. The summed E-state index contributed by atoms with van der Waals surface area (Å²) >= 11 is 0. The van der Waals surface area contributed by atoms with Crippen LogP contribution >= 0.6 is 0 Å². The summed E-state index contributed by atoms with van der Waals surface area (Å²) in [6.45, 7) is 8.87. The number of nitrogens with one attached hydrogen (secondary N) is 2. The highest BCUT2D eigenvalue weighted by Crippen LogP contribution is 2.41. The maximum absolute atomic E-state index is 13.2. The Hall–Kier alpha value is -2.63. The Kier molecular flexibility index (Phi) is 4.73. The van der Waals surface area contributed by atoms with Crippen molar-refractivity contribution in [1.82, 2.24) is 20.0 Å². The number of rotatable bonds is 3. The number of anilines is 2. The van der Waals surface area contributed by atoms with Crippen LogP contribution in [-0.4, -0.2) is 20.0 Å². The lowest BCUT2D eigenvalue weighted by Crippen LogP contribution is -2.33. The van der Waals surface area contributed by atoms with Crippen LogP contribution in [0.5, 0.6) is 0 Å². The monoisotopic (exact) mass is 379 g/mol. The van der Waals surface area contributed by atoms with Crippen molar-refractivity contribution in [2.45, 2.75) is 59.4 Å². The Bertz CT molecular complexity index is 1030. The highest BCUT2D eigenvalue weighted by Gasteiger charge is 2.31. The van der Waals surface area contributed by atoms with Gasteiger partial charge in [0.2, 0.25) is 0 Å². The number of hydrogen-bond acceptors (Lipinski definition) is 4. The number of benzene rings is 1. The maximum Gasteiger partial charge on any atom is 0.275 e. The fourth-order valence-electron chi connectivity index (χ4n) is 4.35. The molecule has 3 aromatic rings. The van der Waals surface area contributed by atoms with Gasteiger partial charge < -0.3 is 5.32 Å². The number of hydrogen-bond donors (Lipinski definition) is 2. The third-order valence-electron chi connectivity index (χ3n) is 6.05. The van der Waals surface area contributed by atoms with Gasteiger partial charge in [0.25, 0.3) is 5.56 Å². The quantitative estimate of drug-likeness (QED) is 0.675. The molecule has 148 valence electrons. The molecule has 28 heavy (non-hydrogen) atoms. The number of aromatic nitrogens is 4. The third kappa shape index (κ3) is 3.55. The molecule has 6 nitrogen and oxygen atoms in total. The van der Waals surface area contributed by atoms with E-state index in [-0.39, 0.29) is 11.6 Å². The van der Waals surface area contributed by atoms with Crippen LogP contribution in [0.15, 0.2) is 35.1 Å². The van der Waals surface area contributed by atoms with Crippen LogP contribution in [0.3, 0.4) is 0 Å². The van der Waals surface area contributed by atoms with Gasteiger partial charge >= 0.3 is 0 Å². The Morgan fingerprint density at radius 3 is 2.39 bits per heavy atom. The summed E-state index contributed by atoms with van der Waals surface area (Å²) in [7, 11) is 0. The Labute approximate surface area is 165 Å². The van der Waals surface area contributed by atoms with E-state index in [1.165, 1.54) is 0 Å². The lowest BCUT2D eigenvalue weighted by molar-refractivity contribution is 0.146. The van der Waals surface area contributed by atoms with Crippen LogP contribution in [0.1, 0.15) is 58.2 Å². The van der Waals surface area contributed by atoms with Gasteiger partial charge in [0, 0.05) is 11.5 Å². The average Bonchev–Trinajstić information content (AvgIpc) is 3.08. The predicted octanol–water partition coefficient (Wildman–Crippen LogP) is 4.95. The summed E-state index contributed by atoms with van der Waals surface area (Å²) in [6.07, 6.45) is 4.26. The molecule has 0 unspecified atom stereocenters. The zero-order valence-electron chi connectivity index (χ0n) is 17.1. The second kappa shape index (κ2) is 7.08. The van der Waals surface area contributed by atoms with E-state index in [1.807, 2.05) is 37.3 Å². The molecule has 1 aliphatic rings. The first-order valence-electron chi connectivity index (χ1n) is 10.1. The molecule has 0 spiro atoms. The summed E-state index contributed by atoms with van der Waals surface area (Å²) in [5, 5.41) is 16.8. The Morgan fingerprint density at radius 1 is 1.11 bits per heavy atom. The minimum absolute atomic E-state index is 0.00106. The molecule has 6 heteroatoms. The van der Waals surface area contributed by atoms with Crippen molar-refractivity contribution in [2.75, 3.05) is 5.32 Å². The molecule has 0 radical (unpaired) electrons. The molecule has 0 saturated heterocycles. The molecule has 0 atom stereocenters. The van der Waals surface area contributed by atoms with Gasteiger partial charge in [0.1, 0.15) is 5.82 Å². The molecule has 4 rings (SSSR count). The van der Waals surface area contributed by atoms with Crippen molar-refractivity contribution in [3.8, 4) is 0 Å². The number of fused-ring (bicyclic) bond motifs is 1. The number of H-pyrrole nitrogens is 1.